The fourth-order valence-corrected chi connectivity index (χ4v) is 3.48. The minimum Gasteiger partial charge on any atom is -0.454 e. The van der Waals surface area contributed by atoms with E-state index in [2.05, 4.69) is 10.6 Å². The zero-order chi connectivity index (χ0) is 19.1. The zero-order valence-corrected chi connectivity index (χ0v) is 15.4. The van der Waals surface area contributed by atoms with E-state index in [9.17, 15) is 4.79 Å². The second-order valence-electron chi connectivity index (χ2n) is 7.02. The van der Waals surface area contributed by atoms with Crippen molar-refractivity contribution in [2.75, 3.05) is 13.3 Å². The lowest BCUT2D eigenvalue weighted by molar-refractivity contribution is 0.0900. The number of rotatable bonds is 4. The van der Waals surface area contributed by atoms with E-state index in [1.54, 1.807) is 4.68 Å². The van der Waals surface area contributed by atoms with E-state index < -0.39 is 0 Å². The summed E-state index contributed by atoms with van der Waals surface area (Å²) in [5.41, 5.74) is 4.61. The lowest BCUT2D eigenvalue weighted by Crippen LogP contribution is -2.45. The van der Waals surface area contributed by atoms with Crippen molar-refractivity contribution in [3.8, 4) is 22.8 Å². The highest BCUT2D eigenvalue weighted by molar-refractivity contribution is 5.94. The van der Waals surface area contributed by atoms with Crippen LogP contribution in [0.4, 0.5) is 0 Å². The Hall–Kier alpha value is -3.32. The minimum absolute atomic E-state index is 0.105. The number of ether oxygens (including phenoxy) is 2. The van der Waals surface area contributed by atoms with Crippen LogP contribution in [-0.4, -0.2) is 29.0 Å². The van der Waals surface area contributed by atoms with E-state index in [4.69, 9.17) is 14.6 Å². The van der Waals surface area contributed by atoms with Crippen LogP contribution in [-0.2, 0) is 6.54 Å². The summed E-state index contributed by atoms with van der Waals surface area (Å²) in [6, 6.07) is 15.9. The van der Waals surface area contributed by atoms with Gasteiger partial charge in [0.1, 0.15) is 11.9 Å². The number of aromatic nitrogens is 2. The van der Waals surface area contributed by atoms with E-state index in [0.717, 1.165) is 28.3 Å². The molecule has 2 aliphatic rings. The van der Waals surface area contributed by atoms with Crippen LogP contribution in [0.15, 0.2) is 48.5 Å². The molecule has 7 heteroatoms. The van der Waals surface area contributed by atoms with Gasteiger partial charge in [-0.05, 0) is 30.7 Å². The third-order valence-corrected chi connectivity index (χ3v) is 5.05. The molecule has 28 heavy (non-hydrogen) atoms. The van der Waals surface area contributed by atoms with Crippen LogP contribution >= 0.6 is 0 Å². The van der Waals surface area contributed by atoms with Crippen molar-refractivity contribution >= 4 is 5.91 Å². The summed E-state index contributed by atoms with van der Waals surface area (Å²) in [5.74, 6) is 1.43. The Morgan fingerprint density at radius 3 is 2.82 bits per heavy atom. The first-order chi connectivity index (χ1) is 13.7. The molecule has 0 fully saturated rings. The number of carbonyl (C=O) groups is 1. The highest BCUT2D eigenvalue weighted by atomic mass is 16.7. The van der Waals surface area contributed by atoms with E-state index in [0.29, 0.717) is 18.8 Å². The monoisotopic (exact) mass is 376 g/mol. The van der Waals surface area contributed by atoms with Crippen molar-refractivity contribution in [1.82, 2.24) is 20.4 Å². The van der Waals surface area contributed by atoms with Crippen molar-refractivity contribution in [1.29, 1.82) is 0 Å². The Kier molecular flexibility index (Phi) is 4.02. The van der Waals surface area contributed by atoms with Gasteiger partial charge in [0.25, 0.3) is 5.91 Å². The molecule has 1 amide bonds. The Labute approximate surface area is 162 Å². The normalized spacial score (nSPS) is 17.3. The first-order valence-corrected chi connectivity index (χ1v) is 9.24. The molecule has 0 radical (unpaired) electrons. The summed E-state index contributed by atoms with van der Waals surface area (Å²) in [6.45, 7) is 3.41. The van der Waals surface area contributed by atoms with Crippen LogP contribution in [0.25, 0.3) is 11.3 Å². The average Bonchev–Trinajstić information content (AvgIpc) is 3.35. The van der Waals surface area contributed by atoms with Gasteiger partial charge in [-0.15, -0.1) is 0 Å². The van der Waals surface area contributed by atoms with Crippen LogP contribution < -0.4 is 20.1 Å². The molecule has 0 bridgehead atoms. The van der Waals surface area contributed by atoms with Crippen LogP contribution in [0, 0.1) is 6.92 Å². The maximum absolute atomic E-state index is 12.3. The number of benzene rings is 2. The largest absolute Gasteiger partial charge is 0.454 e. The SMILES string of the molecule is Cc1ccc(-c2cc3n(n2)[C@H](NCc2ccc4c(c2)OCO4)CNC3=O)cc1. The first kappa shape index (κ1) is 16.8. The Balaban J connectivity index is 1.38. The topological polar surface area (TPSA) is 77.4 Å². The van der Waals surface area contributed by atoms with Crippen molar-refractivity contribution in [3.05, 3.63) is 65.4 Å². The highest BCUT2D eigenvalue weighted by Crippen LogP contribution is 2.32. The van der Waals surface area contributed by atoms with E-state index in [-0.39, 0.29) is 18.9 Å². The Bertz CT molecular complexity index is 1040. The maximum atomic E-state index is 12.3. The standard InChI is InChI=1S/C21H20N4O3/c1-13-2-5-15(6-3-13)16-9-17-21(26)23-11-20(25(17)24-16)22-10-14-4-7-18-19(8-14)28-12-27-18/h2-9,20,22H,10-12H2,1H3,(H,23,26)/t20-/m0/s1. The molecule has 2 aromatic carbocycles. The van der Waals surface area contributed by atoms with Gasteiger partial charge in [0.05, 0.1) is 12.2 Å². The molecule has 0 saturated carbocycles. The number of hydrogen-bond donors (Lipinski definition) is 2. The third kappa shape index (κ3) is 2.99. The average molecular weight is 376 g/mol. The second-order valence-corrected chi connectivity index (χ2v) is 7.02. The number of nitrogens with one attached hydrogen (secondary N) is 2. The van der Waals surface area contributed by atoms with Crippen LogP contribution in [0.1, 0.15) is 27.8 Å². The molecule has 7 nitrogen and oxygen atoms in total. The molecule has 0 aliphatic carbocycles. The summed E-state index contributed by atoms with van der Waals surface area (Å²) in [6.07, 6.45) is -0.127. The number of fused-ring (bicyclic) bond motifs is 2. The lowest BCUT2D eigenvalue weighted by atomic mass is 10.1. The van der Waals surface area contributed by atoms with Gasteiger partial charge in [0.2, 0.25) is 6.79 Å². The quantitative estimate of drug-likeness (QED) is 0.732. The molecule has 1 atom stereocenters. The molecule has 2 N–H and O–H groups in total. The number of nitrogens with zero attached hydrogens (tertiary/aromatic N) is 2. The fraction of sp³-hybridized carbons (Fsp3) is 0.238. The molecular formula is C21H20N4O3. The number of aryl methyl sites for hydroxylation is 1. The third-order valence-electron chi connectivity index (χ3n) is 5.05. The van der Waals surface area contributed by atoms with E-state index in [1.165, 1.54) is 5.56 Å². The highest BCUT2D eigenvalue weighted by Gasteiger charge is 2.27. The van der Waals surface area contributed by atoms with Gasteiger partial charge in [-0.3, -0.25) is 10.1 Å². The summed E-state index contributed by atoms with van der Waals surface area (Å²) in [7, 11) is 0. The van der Waals surface area contributed by atoms with Crippen molar-refractivity contribution < 1.29 is 14.3 Å². The molecule has 0 unspecified atom stereocenters. The second kappa shape index (κ2) is 6.69. The molecule has 2 aliphatic heterocycles. The molecule has 142 valence electrons. The summed E-state index contributed by atoms with van der Waals surface area (Å²) in [5, 5.41) is 11.1. The van der Waals surface area contributed by atoms with Crippen LogP contribution in [0.2, 0.25) is 0 Å². The molecule has 5 rings (SSSR count). The molecule has 1 aromatic heterocycles. The first-order valence-electron chi connectivity index (χ1n) is 9.24. The van der Waals surface area contributed by atoms with Crippen molar-refractivity contribution in [3.63, 3.8) is 0 Å². The smallest absolute Gasteiger partial charge is 0.269 e. The van der Waals surface area contributed by atoms with Crippen LogP contribution in [0.3, 0.4) is 0 Å². The number of amides is 1. The van der Waals surface area contributed by atoms with Crippen molar-refractivity contribution in [2.45, 2.75) is 19.6 Å². The Morgan fingerprint density at radius 2 is 1.96 bits per heavy atom. The Morgan fingerprint density at radius 1 is 1.14 bits per heavy atom. The molecule has 0 saturated heterocycles. The van der Waals surface area contributed by atoms with Gasteiger partial charge >= 0.3 is 0 Å². The zero-order valence-electron chi connectivity index (χ0n) is 15.4. The van der Waals surface area contributed by atoms with E-state index in [1.807, 2.05) is 55.5 Å². The predicted octanol–water partition coefficient (Wildman–Crippen LogP) is 2.62. The minimum atomic E-state index is -0.127. The van der Waals surface area contributed by atoms with Gasteiger partial charge in [-0.2, -0.15) is 5.10 Å². The van der Waals surface area contributed by atoms with E-state index >= 15 is 0 Å². The number of carbonyl (C=O) groups excluding carboxylic acids is 1. The van der Waals surface area contributed by atoms with Gasteiger partial charge in [-0.1, -0.05) is 35.9 Å². The van der Waals surface area contributed by atoms with Crippen LogP contribution in [0.5, 0.6) is 11.5 Å². The van der Waals surface area contributed by atoms with Gasteiger partial charge < -0.3 is 14.8 Å². The summed E-state index contributed by atoms with van der Waals surface area (Å²) >= 11 is 0. The lowest BCUT2D eigenvalue weighted by Gasteiger charge is -2.25. The molecule has 3 heterocycles. The summed E-state index contributed by atoms with van der Waals surface area (Å²) < 4.78 is 12.6. The fourth-order valence-electron chi connectivity index (χ4n) is 3.48. The van der Waals surface area contributed by atoms with Gasteiger partial charge in [0.15, 0.2) is 11.5 Å². The molecular weight excluding hydrogens is 356 g/mol. The molecule has 3 aromatic rings. The number of hydrogen-bond acceptors (Lipinski definition) is 5. The van der Waals surface area contributed by atoms with Gasteiger partial charge in [-0.25, -0.2) is 4.68 Å². The maximum Gasteiger partial charge on any atom is 0.269 e. The molecule has 0 spiro atoms. The predicted molar refractivity (Wildman–Crippen MR) is 103 cm³/mol. The summed E-state index contributed by atoms with van der Waals surface area (Å²) in [4.78, 5) is 12.3. The van der Waals surface area contributed by atoms with Gasteiger partial charge in [0, 0.05) is 12.1 Å². The van der Waals surface area contributed by atoms with Crippen molar-refractivity contribution in [2.24, 2.45) is 0 Å².